The first-order valence-electron chi connectivity index (χ1n) is 8.76. The fourth-order valence-electron chi connectivity index (χ4n) is 3.40. The number of nitrogens with zero attached hydrogens (tertiary/aromatic N) is 1. The Morgan fingerprint density at radius 3 is 2.67 bits per heavy atom. The molecule has 1 amide bonds. The highest BCUT2D eigenvalue weighted by Gasteiger charge is 2.35. The van der Waals surface area contributed by atoms with Crippen molar-refractivity contribution in [1.29, 1.82) is 0 Å². The molecule has 0 aliphatic heterocycles. The molecule has 0 radical (unpaired) electrons. The third-order valence-corrected chi connectivity index (χ3v) is 5.22. The lowest BCUT2D eigenvalue weighted by Gasteiger charge is -2.25. The summed E-state index contributed by atoms with van der Waals surface area (Å²) in [7, 11) is 0. The van der Waals surface area contributed by atoms with Gasteiger partial charge in [0, 0.05) is 19.0 Å². The Hall–Kier alpha value is -1.05. The molecule has 0 aromatic carbocycles. The van der Waals surface area contributed by atoms with Gasteiger partial charge in [0.1, 0.15) is 0 Å². The van der Waals surface area contributed by atoms with E-state index in [2.05, 4.69) is 37.0 Å². The highest BCUT2D eigenvalue weighted by molar-refractivity contribution is 5.81. The zero-order valence-corrected chi connectivity index (χ0v) is 13.6. The van der Waals surface area contributed by atoms with Crippen molar-refractivity contribution >= 4 is 5.91 Å². The molecular formula is C19H29NO. The molecule has 3 rings (SSSR count). The van der Waals surface area contributed by atoms with Gasteiger partial charge in [-0.1, -0.05) is 30.7 Å². The summed E-state index contributed by atoms with van der Waals surface area (Å²) < 4.78 is 0. The largest absolute Gasteiger partial charge is 0.338 e. The van der Waals surface area contributed by atoms with E-state index >= 15 is 0 Å². The van der Waals surface area contributed by atoms with E-state index in [1.54, 1.807) is 0 Å². The van der Waals surface area contributed by atoms with E-state index in [0.717, 1.165) is 31.8 Å². The van der Waals surface area contributed by atoms with E-state index < -0.39 is 0 Å². The fourth-order valence-corrected chi connectivity index (χ4v) is 3.40. The second kappa shape index (κ2) is 6.37. The Bertz CT molecular complexity index is 442. The van der Waals surface area contributed by atoms with Gasteiger partial charge in [-0.3, -0.25) is 4.79 Å². The minimum Gasteiger partial charge on any atom is -0.338 e. The van der Waals surface area contributed by atoms with Gasteiger partial charge >= 0.3 is 0 Å². The molecule has 2 saturated carbocycles. The van der Waals surface area contributed by atoms with E-state index in [4.69, 9.17) is 0 Å². The predicted octanol–water partition coefficient (Wildman–Crippen LogP) is 4.18. The third-order valence-electron chi connectivity index (χ3n) is 5.22. The maximum absolute atomic E-state index is 12.3. The number of hydrogen-bond acceptors (Lipinski definition) is 1. The summed E-state index contributed by atoms with van der Waals surface area (Å²) in [5, 5.41) is 0. The van der Waals surface area contributed by atoms with Gasteiger partial charge < -0.3 is 4.90 Å². The summed E-state index contributed by atoms with van der Waals surface area (Å²) >= 11 is 0. The topological polar surface area (TPSA) is 20.3 Å². The maximum atomic E-state index is 12.3. The fraction of sp³-hybridized carbons (Fsp3) is 0.737. The van der Waals surface area contributed by atoms with Gasteiger partial charge in [-0.05, 0) is 63.2 Å². The number of allylic oxidation sites excluding steroid dienone is 3. The lowest BCUT2D eigenvalue weighted by Crippen LogP contribution is -2.34. The molecule has 0 spiro atoms. The van der Waals surface area contributed by atoms with Crippen molar-refractivity contribution in [2.75, 3.05) is 13.1 Å². The van der Waals surface area contributed by atoms with Gasteiger partial charge in [-0.2, -0.15) is 0 Å². The van der Waals surface area contributed by atoms with Crippen LogP contribution in [-0.4, -0.2) is 23.9 Å². The van der Waals surface area contributed by atoms with Crippen LogP contribution in [0.25, 0.3) is 0 Å². The van der Waals surface area contributed by atoms with Crippen LogP contribution >= 0.6 is 0 Å². The quantitative estimate of drug-likeness (QED) is 0.671. The zero-order chi connectivity index (χ0) is 14.8. The van der Waals surface area contributed by atoms with Crippen molar-refractivity contribution < 1.29 is 4.79 Å². The first-order chi connectivity index (χ1) is 10.1. The minimum absolute atomic E-state index is 0.358. The number of carbonyl (C=O) groups excluding carboxylic acids is 1. The highest BCUT2D eigenvalue weighted by Crippen LogP contribution is 2.34. The Morgan fingerprint density at radius 2 is 2.05 bits per heavy atom. The van der Waals surface area contributed by atoms with Gasteiger partial charge in [0.25, 0.3) is 0 Å². The molecule has 0 bridgehead atoms. The van der Waals surface area contributed by atoms with Crippen LogP contribution in [-0.2, 0) is 4.79 Å². The summed E-state index contributed by atoms with van der Waals surface area (Å²) in [5.41, 5.74) is 1.53. The summed E-state index contributed by atoms with van der Waals surface area (Å²) in [4.78, 5) is 14.5. The lowest BCUT2D eigenvalue weighted by molar-refractivity contribution is -0.132. The summed E-state index contributed by atoms with van der Waals surface area (Å²) in [6.07, 6.45) is 14.4. The van der Waals surface area contributed by atoms with Crippen molar-refractivity contribution in [2.45, 2.75) is 52.4 Å². The highest BCUT2D eigenvalue weighted by atomic mass is 16.2. The molecule has 2 unspecified atom stereocenters. The Labute approximate surface area is 129 Å². The predicted molar refractivity (Wildman–Crippen MR) is 86.8 cm³/mol. The molecule has 116 valence electrons. The minimum atomic E-state index is 0.358. The van der Waals surface area contributed by atoms with Crippen LogP contribution in [0.15, 0.2) is 23.8 Å². The SMILES string of the molecule is CC1=CC(C)C(C=CCN(CC2CC2)C(=O)C2CC2)CC1. The van der Waals surface area contributed by atoms with E-state index in [0.29, 0.717) is 23.7 Å². The zero-order valence-electron chi connectivity index (χ0n) is 13.6. The smallest absolute Gasteiger partial charge is 0.225 e. The normalized spacial score (nSPS) is 29.5. The molecule has 2 atom stereocenters. The van der Waals surface area contributed by atoms with Crippen molar-refractivity contribution in [3.63, 3.8) is 0 Å². The average Bonchev–Trinajstić information content (AvgIpc) is 3.33. The monoisotopic (exact) mass is 287 g/mol. The first-order valence-corrected chi connectivity index (χ1v) is 8.76. The molecule has 0 N–H and O–H groups in total. The summed E-state index contributed by atoms with van der Waals surface area (Å²) in [5.74, 6) is 2.87. The first kappa shape index (κ1) is 14.9. The van der Waals surface area contributed by atoms with E-state index in [9.17, 15) is 4.79 Å². The van der Waals surface area contributed by atoms with Crippen molar-refractivity contribution in [3.8, 4) is 0 Å². The van der Waals surface area contributed by atoms with Gasteiger partial charge in [0.2, 0.25) is 5.91 Å². The van der Waals surface area contributed by atoms with Crippen LogP contribution in [0.2, 0.25) is 0 Å². The van der Waals surface area contributed by atoms with Gasteiger partial charge in [0.15, 0.2) is 0 Å². The van der Waals surface area contributed by atoms with Crippen LogP contribution in [0.1, 0.15) is 52.4 Å². The number of rotatable bonds is 6. The molecule has 2 nitrogen and oxygen atoms in total. The second-order valence-corrected chi connectivity index (χ2v) is 7.46. The van der Waals surface area contributed by atoms with Crippen LogP contribution < -0.4 is 0 Å². The van der Waals surface area contributed by atoms with Crippen molar-refractivity contribution in [2.24, 2.45) is 23.7 Å². The van der Waals surface area contributed by atoms with Crippen molar-refractivity contribution in [3.05, 3.63) is 23.8 Å². The second-order valence-electron chi connectivity index (χ2n) is 7.46. The van der Waals surface area contributed by atoms with Gasteiger partial charge in [-0.25, -0.2) is 0 Å². The molecular weight excluding hydrogens is 258 g/mol. The molecule has 21 heavy (non-hydrogen) atoms. The molecule has 0 heterocycles. The van der Waals surface area contributed by atoms with Gasteiger partial charge in [0.05, 0.1) is 0 Å². The summed E-state index contributed by atoms with van der Waals surface area (Å²) in [6, 6.07) is 0. The Kier molecular flexibility index (Phi) is 4.51. The summed E-state index contributed by atoms with van der Waals surface area (Å²) in [6.45, 7) is 6.38. The number of carbonyl (C=O) groups is 1. The molecule has 2 fully saturated rings. The van der Waals surface area contributed by atoms with Gasteiger partial charge in [-0.15, -0.1) is 0 Å². The average molecular weight is 287 g/mol. The van der Waals surface area contributed by atoms with Crippen LogP contribution in [0.3, 0.4) is 0 Å². The molecule has 0 saturated heterocycles. The number of hydrogen-bond donors (Lipinski definition) is 0. The lowest BCUT2D eigenvalue weighted by atomic mass is 9.82. The molecule has 0 aromatic rings. The van der Waals surface area contributed by atoms with E-state index in [1.807, 2.05) is 0 Å². The Balaban J connectivity index is 1.53. The maximum Gasteiger partial charge on any atom is 0.225 e. The molecule has 0 aromatic heterocycles. The van der Waals surface area contributed by atoms with Crippen molar-refractivity contribution in [1.82, 2.24) is 4.90 Å². The van der Waals surface area contributed by atoms with E-state index in [1.165, 1.54) is 31.3 Å². The van der Waals surface area contributed by atoms with Crippen LogP contribution in [0, 0.1) is 23.7 Å². The molecule has 3 aliphatic carbocycles. The third kappa shape index (κ3) is 4.21. The molecule has 3 aliphatic rings. The Morgan fingerprint density at radius 1 is 1.29 bits per heavy atom. The van der Waals surface area contributed by atoms with Crippen LogP contribution in [0.4, 0.5) is 0 Å². The van der Waals surface area contributed by atoms with E-state index in [-0.39, 0.29) is 0 Å². The van der Waals surface area contributed by atoms with Crippen LogP contribution in [0.5, 0.6) is 0 Å². The standard InChI is InChI=1S/C19H29NO/c1-14-5-8-17(15(2)12-14)4-3-11-20(13-16-6-7-16)19(21)18-9-10-18/h3-4,12,15-18H,5-11,13H2,1-2H3. The number of amides is 1. The molecule has 2 heteroatoms.